The summed E-state index contributed by atoms with van der Waals surface area (Å²) >= 11 is 1.41. The lowest BCUT2D eigenvalue weighted by Crippen LogP contribution is -2.47. The summed E-state index contributed by atoms with van der Waals surface area (Å²) in [7, 11) is -3.02. The Morgan fingerprint density at radius 3 is 2.58 bits per heavy atom. The van der Waals surface area contributed by atoms with Gasteiger partial charge in [-0.25, -0.2) is 8.42 Å². The summed E-state index contributed by atoms with van der Waals surface area (Å²) in [4.78, 5) is 14.7. The molecular weight excluding hydrogens is 372 g/mol. The summed E-state index contributed by atoms with van der Waals surface area (Å²) in [5, 5.41) is 9.37. The molecule has 0 aromatic carbocycles. The van der Waals surface area contributed by atoms with Crippen molar-refractivity contribution >= 4 is 27.5 Å². The molecule has 3 rings (SSSR count). The van der Waals surface area contributed by atoms with Crippen LogP contribution in [0.5, 0.6) is 0 Å². The molecule has 7 nitrogen and oxygen atoms in total. The first kappa shape index (κ1) is 19.7. The van der Waals surface area contributed by atoms with Crippen molar-refractivity contribution in [2.45, 2.75) is 76.2 Å². The maximum absolute atomic E-state index is 12.9. The fourth-order valence-corrected chi connectivity index (χ4v) is 6.14. The first-order valence-electron chi connectivity index (χ1n) is 9.43. The number of thioether (sulfide) groups is 1. The molecule has 0 N–H and O–H groups in total. The number of amides is 1. The zero-order chi connectivity index (χ0) is 18.9. The van der Waals surface area contributed by atoms with E-state index in [1.165, 1.54) is 24.6 Å². The van der Waals surface area contributed by atoms with E-state index in [1.54, 1.807) is 4.90 Å². The minimum atomic E-state index is -3.02. The summed E-state index contributed by atoms with van der Waals surface area (Å²) in [6, 6.07) is -0.165. The Kier molecular flexibility index (Phi) is 5.96. The van der Waals surface area contributed by atoms with E-state index in [4.69, 9.17) is 0 Å². The van der Waals surface area contributed by atoms with Crippen molar-refractivity contribution in [1.82, 2.24) is 19.7 Å². The Morgan fingerprint density at radius 1 is 1.31 bits per heavy atom. The highest BCUT2D eigenvalue weighted by Gasteiger charge is 2.36. The van der Waals surface area contributed by atoms with Crippen molar-refractivity contribution in [2.24, 2.45) is 0 Å². The third-order valence-electron chi connectivity index (χ3n) is 5.28. The number of aromatic nitrogens is 3. The van der Waals surface area contributed by atoms with E-state index in [-0.39, 0.29) is 35.2 Å². The van der Waals surface area contributed by atoms with Crippen LogP contribution in [0.2, 0.25) is 0 Å². The molecule has 1 amide bonds. The molecule has 2 fully saturated rings. The van der Waals surface area contributed by atoms with Gasteiger partial charge in [0, 0.05) is 24.5 Å². The van der Waals surface area contributed by atoms with Gasteiger partial charge in [-0.3, -0.25) is 4.79 Å². The Bertz CT molecular complexity index is 758. The van der Waals surface area contributed by atoms with Gasteiger partial charge in [-0.05, 0) is 39.5 Å². The Balaban J connectivity index is 1.68. The van der Waals surface area contributed by atoms with Crippen LogP contribution in [0.25, 0.3) is 0 Å². The number of nitrogens with zero attached hydrogens (tertiary/aromatic N) is 4. The quantitative estimate of drug-likeness (QED) is 0.621. The Morgan fingerprint density at radius 2 is 2.04 bits per heavy atom. The van der Waals surface area contributed by atoms with Crippen LogP contribution >= 0.6 is 11.8 Å². The van der Waals surface area contributed by atoms with Gasteiger partial charge in [0.2, 0.25) is 5.91 Å². The van der Waals surface area contributed by atoms with Crippen LogP contribution in [0.1, 0.15) is 58.2 Å². The second kappa shape index (κ2) is 7.88. The molecule has 1 aliphatic heterocycles. The molecular formula is C17H28N4O3S2. The molecule has 26 heavy (non-hydrogen) atoms. The molecule has 146 valence electrons. The average Bonchev–Trinajstić information content (AvgIpc) is 3.27. The van der Waals surface area contributed by atoms with Gasteiger partial charge < -0.3 is 9.47 Å². The van der Waals surface area contributed by atoms with Gasteiger partial charge in [-0.2, -0.15) is 0 Å². The molecule has 1 aromatic heterocycles. The summed E-state index contributed by atoms with van der Waals surface area (Å²) in [5.41, 5.74) is 0. The van der Waals surface area contributed by atoms with E-state index in [0.717, 1.165) is 23.9 Å². The van der Waals surface area contributed by atoms with Gasteiger partial charge >= 0.3 is 0 Å². The third kappa shape index (κ3) is 4.24. The molecule has 0 bridgehead atoms. The minimum absolute atomic E-state index is 0.00919. The van der Waals surface area contributed by atoms with Crippen molar-refractivity contribution in [2.75, 3.05) is 17.3 Å². The number of carbonyl (C=O) groups is 1. The first-order chi connectivity index (χ1) is 12.4. The second-order valence-corrected chi connectivity index (χ2v) is 10.4. The van der Waals surface area contributed by atoms with E-state index in [0.29, 0.717) is 12.3 Å². The molecule has 2 heterocycles. The highest BCUT2D eigenvalue weighted by molar-refractivity contribution is 7.99. The summed E-state index contributed by atoms with van der Waals surface area (Å²) in [5.74, 6) is 2.08. The van der Waals surface area contributed by atoms with Crippen LogP contribution in [0, 0.1) is 0 Å². The van der Waals surface area contributed by atoms with Gasteiger partial charge in [-0.1, -0.05) is 18.7 Å². The fraction of sp³-hybridized carbons (Fsp3) is 0.824. The van der Waals surface area contributed by atoms with Crippen molar-refractivity contribution < 1.29 is 13.2 Å². The molecule has 1 saturated heterocycles. The van der Waals surface area contributed by atoms with E-state index in [9.17, 15) is 13.2 Å². The zero-order valence-electron chi connectivity index (χ0n) is 15.7. The molecule has 2 aliphatic rings. The van der Waals surface area contributed by atoms with E-state index < -0.39 is 9.84 Å². The monoisotopic (exact) mass is 400 g/mol. The van der Waals surface area contributed by atoms with Crippen LogP contribution in [0.4, 0.5) is 0 Å². The molecule has 2 atom stereocenters. The van der Waals surface area contributed by atoms with Crippen molar-refractivity contribution in [3.05, 3.63) is 5.82 Å². The average molecular weight is 401 g/mol. The highest BCUT2D eigenvalue weighted by atomic mass is 32.2. The lowest BCUT2D eigenvalue weighted by molar-refractivity contribution is -0.132. The number of hydrogen-bond donors (Lipinski definition) is 0. The molecule has 0 radical (unpaired) electrons. The summed E-state index contributed by atoms with van der Waals surface area (Å²) in [6.45, 7) is 6.88. The van der Waals surface area contributed by atoms with Gasteiger partial charge in [0.05, 0.1) is 17.3 Å². The molecule has 9 heteroatoms. The molecule has 0 spiro atoms. The number of sulfone groups is 1. The summed E-state index contributed by atoms with van der Waals surface area (Å²) in [6.07, 6.45) is 3.68. The van der Waals surface area contributed by atoms with Crippen LogP contribution < -0.4 is 0 Å². The van der Waals surface area contributed by atoms with Gasteiger partial charge in [0.15, 0.2) is 15.0 Å². The lowest BCUT2D eigenvalue weighted by Gasteiger charge is -2.33. The van der Waals surface area contributed by atoms with Gasteiger partial charge in [0.1, 0.15) is 5.82 Å². The smallest absolute Gasteiger partial charge is 0.233 e. The highest BCUT2D eigenvalue weighted by Crippen LogP contribution is 2.40. The minimum Gasteiger partial charge on any atom is -0.335 e. The van der Waals surface area contributed by atoms with Crippen LogP contribution in [0.3, 0.4) is 0 Å². The predicted molar refractivity (Wildman–Crippen MR) is 102 cm³/mol. The number of rotatable bonds is 8. The second-order valence-electron chi connectivity index (χ2n) is 7.26. The lowest BCUT2D eigenvalue weighted by atomic mass is 10.1. The number of hydrogen-bond acceptors (Lipinski definition) is 6. The maximum Gasteiger partial charge on any atom is 0.233 e. The molecule has 1 aliphatic carbocycles. The normalized spacial score (nSPS) is 23.1. The van der Waals surface area contributed by atoms with Gasteiger partial charge in [-0.15, -0.1) is 10.2 Å². The van der Waals surface area contributed by atoms with Crippen molar-refractivity contribution in [1.29, 1.82) is 0 Å². The van der Waals surface area contributed by atoms with Crippen molar-refractivity contribution in [3.63, 3.8) is 0 Å². The SMILES string of the molecule is CC[C@@H](C)N(C(=O)CSc1nnc(C2CC2)n1CC)[C@H]1CCS(=O)(=O)C1. The molecule has 0 unspecified atom stereocenters. The molecule has 1 saturated carbocycles. The van der Waals surface area contributed by atoms with E-state index in [1.807, 2.05) is 13.8 Å². The van der Waals surface area contributed by atoms with E-state index >= 15 is 0 Å². The third-order valence-corrected chi connectivity index (χ3v) is 7.99. The maximum atomic E-state index is 12.9. The Hall–Kier alpha value is -1.09. The van der Waals surface area contributed by atoms with Gasteiger partial charge in [0.25, 0.3) is 0 Å². The van der Waals surface area contributed by atoms with Crippen LogP contribution in [-0.4, -0.2) is 63.3 Å². The van der Waals surface area contributed by atoms with E-state index in [2.05, 4.69) is 21.7 Å². The van der Waals surface area contributed by atoms with Crippen LogP contribution in [0.15, 0.2) is 5.16 Å². The zero-order valence-corrected chi connectivity index (χ0v) is 17.4. The largest absolute Gasteiger partial charge is 0.335 e. The Labute approximate surface area is 159 Å². The topological polar surface area (TPSA) is 85.2 Å². The fourth-order valence-electron chi connectivity index (χ4n) is 3.55. The standard InChI is InChI=1S/C17H28N4O3S2/c1-4-12(3)21(14-8-9-26(23,24)11-14)15(22)10-25-17-19-18-16(13-6-7-13)20(17)5-2/h12-14H,4-11H2,1-3H3/t12-,14+/m1/s1. The first-order valence-corrected chi connectivity index (χ1v) is 12.2. The van der Waals surface area contributed by atoms with Crippen LogP contribution in [-0.2, 0) is 21.2 Å². The molecule has 1 aromatic rings. The predicted octanol–water partition coefficient (Wildman–Crippen LogP) is 2.08. The van der Waals surface area contributed by atoms with Crippen molar-refractivity contribution in [3.8, 4) is 0 Å². The summed E-state index contributed by atoms with van der Waals surface area (Å²) < 4.78 is 25.8. The number of carbonyl (C=O) groups excluding carboxylic acids is 1.